The maximum Gasteiger partial charge on any atom is 0.573 e. The molecule has 2 N–H and O–H groups in total. The second kappa shape index (κ2) is 8.52. The predicted octanol–water partition coefficient (Wildman–Crippen LogP) is 4.47. The third kappa shape index (κ3) is 4.76. The normalized spacial score (nSPS) is 16.0. The summed E-state index contributed by atoms with van der Waals surface area (Å²) in [6.07, 6.45) is -3.64. The van der Waals surface area contributed by atoms with E-state index in [1.54, 1.807) is 12.1 Å². The maximum absolute atomic E-state index is 13.3. The first-order chi connectivity index (χ1) is 16.9. The number of carbonyl (C=O) groups excluding carboxylic acids is 1. The minimum atomic E-state index is -4.94. The number of hydrogen-bond donors (Lipinski definition) is 1. The van der Waals surface area contributed by atoms with E-state index in [0.29, 0.717) is 29.9 Å². The summed E-state index contributed by atoms with van der Waals surface area (Å²) in [6, 6.07) is 14.5. The van der Waals surface area contributed by atoms with Crippen molar-refractivity contribution in [2.24, 2.45) is 5.14 Å². The van der Waals surface area contributed by atoms with Gasteiger partial charge in [0, 0.05) is 12.0 Å². The molecule has 7 nitrogen and oxygen atoms in total. The zero-order valence-electron chi connectivity index (χ0n) is 18.7. The quantitative estimate of drug-likeness (QED) is 0.494. The molecule has 0 unspecified atom stereocenters. The molecule has 0 aromatic heterocycles. The number of alkyl halides is 3. The van der Waals surface area contributed by atoms with Crippen molar-refractivity contribution < 1.29 is 40.6 Å². The Bertz CT molecular complexity index is 1450. The van der Waals surface area contributed by atoms with Gasteiger partial charge in [-0.2, -0.15) is 0 Å². The number of carbonyl (C=O) groups is 1. The number of primary sulfonamides is 1. The number of ether oxygens (including phenoxy) is 3. The van der Waals surface area contributed by atoms with E-state index in [9.17, 15) is 26.4 Å². The Morgan fingerprint density at radius 3 is 2.31 bits per heavy atom. The van der Waals surface area contributed by atoms with E-state index < -0.39 is 27.6 Å². The molecule has 1 fully saturated rings. The Balaban J connectivity index is 1.45. The van der Waals surface area contributed by atoms with Crippen molar-refractivity contribution in [1.82, 2.24) is 0 Å². The van der Waals surface area contributed by atoms with Gasteiger partial charge in [0.15, 0.2) is 11.5 Å². The van der Waals surface area contributed by atoms with Gasteiger partial charge in [-0.15, -0.1) is 13.2 Å². The van der Waals surface area contributed by atoms with Crippen LogP contribution >= 0.6 is 0 Å². The molecule has 188 valence electrons. The monoisotopic (exact) mass is 519 g/mol. The molecular formula is C25H20F3NO6S. The molecule has 0 atom stereocenters. The van der Waals surface area contributed by atoms with Gasteiger partial charge in [-0.3, -0.25) is 4.79 Å². The molecular weight excluding hydrogens is 499 g/mol. The highest BCUT2D eigenvalue weighted by Crippen LogP contribution is 2.51. The molecule has 2 aliphatic rings. The molecule has 5 rings (SSSR count). The van der Waals surface area contributed by atoms with Crippen LogP contribution in [0.2, 0.25) is 0 Å². The van der Waals surface area contributed by atoms with Crippen molar-refractivity contribution >= 4 is 15.8 Å². The molecule has 0 bridgehead atoms. The Labute approximate surface area is 204 Å². The zero-order valence-corrected chi connectivity index (χ0v) is 19.5. The highest BCUT2D eigenvalue weighted by Gasteiger charge is 2.50. The second-order valence-electron chi connectivity index (χ2n) is 8.70. The van der Waals surface area contributed by atoms with Crippen molar-refractivity contribution in [2.75, 3.05) is 6.79 Å². The Kier molecular flexibility index (Phi) is 5.72. The second-order valence-corrected chi connectivity index (χ2v) is 10.3. The highest BCUT2D eigenvalue weighted by atomic mass is 32.2. The first kappa shape index (κ1) is 24.1. The molecule has 0 radical (unpaired) electrons. The van der Waals surface area contributed by atoms with Gasteiger partial charge in [-0.25, -0.2) is 13.6 Å². The number of ketones is 1. The van der Waals surface area contributed by atoms with E-state index >= 15 is 0 Å². The Morgan fingerprint density at radius 1 is 0.972 bits per heavy atom. The van der Waals surface area contributed by atoms with Gasteiger partial charge in [0.05, 0.1) is 10.3 Å². The molecule has 3 aromatic rings. The minimum Gasteiger partial charge on any atom is -0.454 e. The first-order valence-corrected chi connectivity index (χ1v) is 12.4. The first-order valence-electron chi connectivity index (χ1n) is 10.9. The van der Waals surface area contributed by atoms with E-state index in [1.807, 2.05) is 6.07 Å². The van der Waals surface area contributed by atoms with Crippen molar-refractivity contribution in [3.8, 4) is 28.4 Å². The van der Waals surface area contributed by atoms with Crippen LogP contribution in [0.25, 0.3) is 11.1 Å². The van der Waals surface area contributed by atoms with Crippen LogP contribution in [0.1, 0.15) is 24.0 Å². The van der Waals surface area contributed by atoms with E-state index in [1.165, 1.54) is 36.4 Å². The number of sulfonamides is 1. The summed E-state index contributed by atoms with van der Waals surface area (Å²) >= 11 is 0. The molecule has 36 heavy (non-hydrogen) atoms. The van der Waals surface area contributed by atoms with Crippen LogP contribution in [0.5, 0.6) is 17.2 Å². The van der Waals surface area contributed by atoms with Gasteiger partial charge < -0.3 is 14.2 Å². The van der Waals surface area contributed by atoms with Crippen LogP contribution in [0.4, 0.5) is 13.2 Å². The summed E-state index contributed by atoms with van der Waals surface area (Å²) in [5.41, 5.74) is 0.957. The predicted molar refractivity (Wildman–Crippen MR) is 122 cm³/mol. The molecule has 1 aliphatic carbocycles. The standard InChI is InChI=1S/C25H20F3NO6S/c26-25(27,28)35-20-7-1-15(11-19(20)16-2-5-18(6-3-16)36(29,31)32)12-23(30)24(9-10-24)17-4-8-21-22(13-17)34-14-33-21/h1-8,11,13H,9-10,12,14H2,(H2,29,31,32). The lowest BCUT2D eigenvalue weighted by Gasteiger charge is -2.17. The van der Waals surface area contributed by atoms with Crippen LogP contribution in [0.15, 0.2) is 65.6 Å². The SMILES string of the molecule is NS(=O)(=O)c1ccc(-c2cc(CC(=O)C3(c4ccc5c(c4)OCO5)CC3)ccc2OC(F)(F)F)cc1. The molecule has 0 spiro atoms. The van der Waals surface area contributed by atoms with Crippen molar-refractivity contribution in [2.45, 2.75) is 35.9 Å². The lowest BCUT2D eigenvalue weighted by Crippen LogP contribution is -2.22. The highest BCUT2D eigenvalue weighted by molar-refractivity contribution is 7.89. The number of Topliss-reactive ketones (excluding diaryl/α,β-unsaturated/α-hetero) is 1. The van der Waals surface area contributed by atoms with Gasteiger partial charge in [0.1, 0.15) is 11.5 Å². The molecule has 0 saturated heterocycles. The molecule has 1 heterocycles. The molecule has 3 aromatic carbocycles. The Morgan fingerprint density at radius 2 is 1.67 bits per heavy atom. The lowest BCUT2D eigenvalue weighted by atomic mass is 9.87. The average Bonchev–Trinajstić information content (AvgIpc) is 3.49. The fourth-order valence-corrected chi connectivity index (χ4v) is 4.87. The van der Waals surface area contributed by atoms with E-state index in [4.69, 9.17) is 14.6 Å². The third-order valence-corrected chi connectivity index (χ3v) is 7.27. The van der Waals surface area contributed by atoms with E-state index in [0.717, 1.165) is 11.6 Å². The van der Waals surface area contributed by atoms with Gasteiger partial charge in [0.25, 0.3) is 0 Å². The number of halogens is 3. The van der Waals surface area contributed by atoms with E-state index in [2.05, 4.69) is 4.74 Å². The zero-order chi connectivity index (χ0) is 25.7. The summed E-state index contributed by atoms with van der Waals surface area (Å²) in [4.78, 5) is 13.2. The summed E-state index contributed by atoms with van der Waals surface area (Å²) in [6.45, 7) is 0.118. The maximum atomic E-state index is 13.3. The van der Waals surface area contributed by atoms with Crippen molar-refractivity contribution in [1.29, 1.82) is 0 Å². The van der Waals surface area contributed by atoms with Gasteiger partial charge >= 0.3 is 6.36 Å². The van der Waals surface area contributed by atoms with Crippen molar-refractivity contribution in [3.63, 3.8) is 0 Å². The summed E-state index contributed by atoms with van der Waals surface area (Å²) in [5, 5.41) is 5.11. The Hall–Kier alpha value is -3.57. The number of rotatable bonds is 7. The molecule has 11 heteroatoms. The number of fused-ring (bicyclic) bond motifs is 1. The minimum absolute atomic E-state index is 0.0109. The van der Waals surface area contributed by atoms with Gasteiger partial charge in [-0.1, -0.05) is 24.3 Å². The fraction of sp³-hybridized carbons (Fsp3) is 0.240. The topological polar surface area (TPSA) is 105 Å². The van der Waals surface area contributed by atoms with Crippen LogP contribution in [-0.2, 0) is 26.7 Å². The molecule has 1 aliphatic heterocycles. The van der Waals surface area contributed by atoms with Crippen LogP contribution in [0, 0.1) is 0 Å². The fourth-order valence-electron chi connectivity index (χ4n) is 4.35. The smallest absolute Gasteiger partial charge is 0.454 e. The lowest BCUT2D eigenvalue weighted by molar-refractivity contribution is -0.274. The number of benzene rings is 3. The summed E-state index contributed by atoms with van der Waals surface area (Å²) < 4.78 is 77.1. The van der Waals surface area contributed by atoms with Crippen molar-refractivity contribution in [3.05, 3.63) is 71.8 Å². The summed E-state index contributed by atoms with van der Waals surface area (Å²) in [7, 11) is -3.98. The van der Waals surface area contributed by atoms with Crippen LogP contribution in [0.3, 0.4) is 0 Å². The largest absolute Gasteiger partial charge is 0.573 e. The van der Waals surface area contributed by atoms with Gasteiger partial charge in [-0.05, 0) is 65.9 Å². The molecule has 1 saturated carbocycles. The number of hydrogen-bond acceptors (Lipinski definition) is 6. The number of nitrogens with two attached hydrogens (primary N) is 1. The summed E-state index contributed by atoms with van der Waals surface area (Å²) in [5.74, 6) is 0.645. The van der Waals surface area contributed by atoms with E-state index in [-0.39, 0.29) is 35.0 Å². The van der Waals surface area contributed by atoms with Crippen LogP contribution < -0.4 is 19.3 Å². The molecule has 0 amide bonds. The van der Waals surface area contributed by atoms with Crippen LogP contribution in [-0.4, -0.2) is 27.4 Å². The van der Waals surface area contributed by atoms with Gasteiger partial charge in [0.2, 0.25) is 16.8 Å². The average molecular weight is 519 g/mol. The third-order valence-electron chi connectivity index (χ3n) is 6.34.